The Morgan fingerprint density at radius 3 is 2.44 bits per heavy atom. The van der Waals surface area contributed by atoms with Gasteiger partial charge in [-0.3, -0.25) is 4.79 Å². The zero-order valence-corrected chi connectivity index (χ0v) is 37.9. The van der Waals surface area contributed by atoms with Gasteiger partial charge in [0.05, 0.1) is 25.2 Å². The fourth-order valence-electron chi connectivity index (χ4n) is 9.89. The maximum atomic E-state index is 14.8. The van der Waals surface area contributed by atoms with Gasteiger partial charge in [0, 0.05) is 41.9 Å². The molecule has 4 aromatic carbocycles. The van der Waals surface area contributed by atoms with Gasteiger partial charge in [-0.1, -0.05) is 90.2 Å². The smallest absolute Gasteiger partial charge is 0.340 e. The minimum absolute atomic E-state index is 0.00261. The van der Waals surface area contributed by atoms with Crippen molar-refractivity contribution in [1.82, 2.24) is 0 Å². The number of hydrogen-bond donors (Lipinski definition) is 3. The van der Waals surface area contributed by atoms with Crippen LogP contribution in [0.3, 0.4) is 0 Å². The Bertz CT molecular complexity index is 2740. The third kappa shape index (κ3) is 10.2. The minimum atomic E-state index is -1.35. The van der Waals surface area contributed by atoms with E-state index in [-0.39, 0.29) is 66.4 Å². The number of rotatable bonds is 12. The Kier molecular flexibility index (Phi) is 14.5. The summed E-state index contributed by atoms with van der Waals surface area (Å²) < 4.78 is 31.4. The molecule has 344 valence electrons. The second kappa shape index (κ2) is 20.6. The molecular formula is C55H58O11. The number of ether oxygens (including phenoxy) is 4. The van der Waals surface area contributed by atoms with Crippen molar-refractivity contribution in [2.75, 3.05) is 20.0 Å². The van der Waals surface area contributed by atoms with Crippen LogP contribution in [0.2, 0.25) is 0 Å². The van der Waals surface area contributed by atoms with Crippen molar-refractivity contribution in [2.24, 2.45) is 5.92 Å². The zero-order valence-electron chi connectivity index (χ0n) is 37.9. The van der Waals surface area contributed by atoms with Crippen LogP contribution in [0, 0.1) is 17.8 Å². The van der Waals surface area contributed by atoms with Crippen LogP contribution in [0.4, 0.5) is 0 Å². The monoisotopic (exact) mass is 894 g/mol. The fourth-order valence-corrected chi connectivity index (χ4v) is 9.89. The average Bonchev–Trinajstić information content (AvgIpc) is 3.29. The second-order valence-corrected chi connectivity index (χ2v) is 18.2. The molecular weight excluding hydrogens is 837 g/mol. The first-order chi connectivity index (χ1) is 32.0. The Hall–Kier alpha value is -6.03. The topological polar surface area (TPSA) is 162 Å². The largest absolute Gasteiger partial charge is 0.482 e. The number of aliphatic hydroxyl groups is 3. The third-order valence-corrected chi connectivity index (χ3v) is 13.3. The highest BCUT2D eigenvalue weighted by atomic mass is 16.6. The SMILES string of the molecule is CC(C)=C1CCc2ccc3c(c2)CC#CC[C@@]2(C)Oc4ccc5c(CO)c([C@H](CCO)COCO)c(=O)oc5c4[C@@H](OC(=O)C[C@@H](CCc4cccc(Cc5ccccc5)c4)C3)[C@@H]2OC1=O. The van der Waals surface area contributed by atoms with Crippen molar-refractivity contribution in [3.05, 3.63) is 157 Å². The molecule has 0 saturated carbocycles. The summed E-state index contributed by atoms with van der Waals surface area (Å²) in [5.74, 6) is 4.96. The maximum Gasteiger partial charge on any atom is 0.340 e. The first-order valence-electron chi connectivity index (χ1n) is 22.9. The van der Waals surface area contributed by atoms with E-state index < -0.39 is 54.7 Å². The molecule has 0 saturated heterocycles. The van der Waals surface area contributed by atoms with E-state index in [1.54, 1.807) is 19.1 Å². The lowest BCUT2D eigenvalue weighted by molar-refractivity contribution is -0.190. The van der Waals surface area contributed by atoms with E-state index >= 15 is 0 Å². The molecule has 5 atom stereocenters. The van der Waals surface area contributed by atoms with Crippen molar-refractivity contribution < 1.29 is 48.3 Å². The zero-order chi connectivity index (χ0) is 46.4. The number of aryl methyl sites for hydroxylation is 2. The normalized spacial score (nSPS) is 21.1. The summed E-state index contributed by atoms with van der Waals surface area (Å²) >= 11 is 0. The minimum Gasteiger partial charge on any atom is -0.482 e. The molecule has 0 radical (unpaired) electrons. The molecule has 0 fully saturated rings. The quantitative estimate of drug-likeness (QED) is 0.0365. The molecule has 0 aliphatic carbocycles. The Morgan fingerprint density at radius 1 is 0.864 bits per heavy atom. The van der Waals surface area contributed by atoms with E-state index in [9.17, 15) is 29.7 Å². The van der Waals surface area contributed by atoms with Crippen molar-refractivity contribution in [2.45, 2.75) is 115 Å². The summed E-state index contributed by atoms with van der Waals surface area (Å²) in [4.78, 5) is 43.5. The van der Waals surface area contributed by atoms with Gasteiger partial charge in [0.15, 0.2) is 17.8 Å². The average molecular weight is 895 g/mol. The molecule has 0 amide bonds. The van der Waals surface area contributed by atoms with Crippen molar-refractivity contribution in [1.29, 1.82) is 0 Å². The molecule has 4 heterocycles. The number of benzene rings is 4. The van der Waals surface area contributed by atoms with E-state index in [4.69, 9.17) is 23.4 Å². The van der Waals surface area contributed by atoms with E-state index in [0.29, 0.717) is 43.1 Å². The van der Waals surface area contributed by atoms with Gasteiger partial charge in [0.25, 0.3) is 0 Å². The first-order valence-corrected chi connectivity index (χ1v) is 22.9. The molecule has 11 nitrogen and oxygen atoms in total. The standard InChI is InChI=1S/C55H58O11/c1-34(2)43-20-18-37-17-19-41-29-39(16-15-36-12-9-13-38(27-36)26-35-10-5-4-6-11-35)30-47(59)63-51-49-46(66-55(3,52(51)65-53(43)60)24-8-7-14-40(41)28-37)22-21-44-45(31-57)48(54(61)64-50(44)49)42(23-25-56)32-62-33-58/h4-6,9-13,17,19,21-22,27-28,39,42,51-52,56-58H,14-16,18,20,23-26,29-33H2,1-3H3/t39-,42+,51+,52-,55+/m0/s1. The van der Waals surface area contributed by atoms with Crippen LogP contribution in [-0.4, -0.2) is 59.0 Å². The summed E-state index contributed by atoms with van der Waals surface area (Å²) in [7, 11) is 0. The van der Waals surface area contributed by atoms with Gasteiger partial charge < -0.3 is 38.7 Å². The van der Waals surface area contributed by atoms with Gasteiger partial charge in [-0.25, -0.2) is 9.59 Å². The number of carbonyl (C=O) groups excluding carboxylic acids is 2. The number of esters is 2. The molecule has 8 rings (SSSR count). The summed E-state index contributed by atoms with van der Waals surface area (Å²) in [6, 6.07) is 28.7. The Balaban J connectivity index is 1.26. The molecule has 11 heteroatoms. The highest BCUT2D eigenvalue weighted by Gasteiger charge is 2.53. The predicted octanol–water partition coefficient (Wildman–Crippen LogP) is 8.07. The molecule has 0 spiro atoms. The molecule has 5 aromatic rings. The molecule has 3 N–H and O–H groups in total. The highest BCUT2D eigenvalue weighted by Crippen LogP contribution is 2.49. The second-order valence-electron chi connectivity index (χ2n) is 18.2. The lowest BCUT2D eigenvalue weighted by Gasteiger charge is -2.44. The van der Waals surface area contributed by atoms with Crippen LogP contribution in [0.5, 0.6) is 5.75 Å². The van der Waals surface area contributed by atoms with Crippen LogP contribution < -0.4 is 10.4 Å². The van der Waals surface area contributed by atoms with Gasteiger partial charge in [-0.05, 0) is 123 Å². The summed E-state index contributed by atoms with van der Waals surface area (Å²) in [6.45, 7) is 3.91. The van der Waals surface area contributed by atoms with Crippen LogP contribution in [0.15, 0.2) is 105 Å². The van der Waals surface area contributed by atoms with Gasteiger partial charge >= 0.3 is 17.6 Å². The summed E-state index contributed by atoms with van der Waals surface area (Å²) in [5.41, 5.74) is 6.45. The Morgan fingerprint density at radius 2 is 1.67 bits per heavy atom. The molecule has 1 aromatic heterocycles. The molecule has 3 aliphatic rings. The number of hydrogen-bond acceptors (Lipinski definition) is 11. The predicted molar refractivity (Wildman–Crippen MR) is 249 cm³/mol. The number of aliphatic hydroxyl groups excluding tert-OH is 3. The van der Waals surface area contributed by atoms with Crippen molar-refractivity contribution in [3.8, 4) is 17.6 Å². The number of fused-ring (bicyclic) bond motifs is 7. The number of carbonyl (C=O) groups is 2. The van der Waals surface area contributed by atoms with Crippen LogP contribution >= 0.6 is 0 Å². The van der Waals surface area contributed by atoms with Crippen LogP contribution in [0.1, 0.15) is 115 Å². The molecule has 5 bridgehead atoms. The maximum absolute atomic E-state index is 14.8. The van der Waals surface area contributed by atoms with E-state index in [1.165, 1.54) is 16.7 Å². The fraction of sp³-hybridized carbons (Fsp3) is 0.400. The van der Waals surface area contributed by atoms with Crippen molar-refractivity contribution >= 4 is 22.9 Å². The summed E-state index contributed by atoms with van der Waals surface area (Å²) in [5, 5.41) is 30.6. The molecule has 3 aliphatic heterocycles. The first kappa shape index (κ1) is 46.5. The lowest BCUT2D eigenvalue weighted by atomic mass is 9.82. The van der Waals surface area contributed by atoms with Crippen LogP contribution in [-0.2, 0) is 62.5 Å². The summed E-state index contributed by atoms with van der Waals surface area (Å²) in [6.07, 6.45) is 1.91. The Labute approximate surface area is 385 Å². The molecule has 66 heavy (non-hydrogen) atoms. The third-order valence-electron chi connectivity index (χ3n) is 13.3. The molecule has 0 unspecified atom stereocenters. The van der Waals surface area contributed by atoms with E-state index in [2.05, 4.69) is 66.4 Å². The van der Waals surface area contributed by atoms with Gasteiger partial charge in [-0.15, -0.1) is 0 Å². The van der Waals surface area contributed by atoms with Gasteiger partial charge in [-0.2, -0.15) is 0 Å². The van der Waals surface area contributed by atoms with Crippen molar-refractivity contribution in [3.63, 3.8) is 0 Å². The van der Waals surface area contributed by atoms with Crippen LogP contribution in [0.25, 0.3) is 11.0 Å². The van der Waals surface area contributed by atoms with E-state index in [1.807, 2.05) is 32.0 Å². The highest BCUT2D eigenvalue weighted by molar-refractivity contribution is 5.90. The number of allylic oxidation sites excluding steroid dienone is 1. The lowest BCUT2D eigenvalue weighted by Crippen LogP contribution is -2.54. The van der Waals surface area contributed by atoms with Gasteiger partial charge in [0.1, 0.15) is 18.1 Å². The van der Waals surface area contributed by atoms with E-state index in [0.717, 1.165) is 35.1 Å². The van der Waals surface area contributed by atoms with Gasteiger partial charge in [0.2, 0.25) is 0 Å².